The number of anilines is 1. The van der Waals surface area contributed by atoms with Crippen molar-refractivity contribution in [1.29, 1.82) is 0 Å². The van der Waals surface area contributed by atoms with E-state index in [1.54, 1.807) is 0 Å². The molecule has 7 heteroatoms. The number of amides is 1. The largest absolute Gasteiger partial charge is 0.353 e. The number of aromatic nitrogens is 3. The number of hydrogen-bond acceptors (Lipinski definition) is 5. The van der Waals surface area contributed by atoms with Crippen LogP contribution in [0.25, 0.3) is 5.52 Å². The van der Waals surface area contributed by atoms with Crippen LogP contribution in [0.1, 0.15) is 41.9 Å². The molecule has 0 aromatic carbocycles. The summed E-state index contributed by atoms with van der Waals surface area (Å²) < 4.78 is 1.81. The maximum Gasteiger partial charge on any atom is 0.272 e. The number of carbonyl (C=O) groups excluding carboxylic acids is 1. The van der Waals surface area contributed by atoms with Gasteiger partial charge in [0.25, 0.3) is 5.91 Å². The van der Waals surface area contributed by atoms with E-state index in [0.29, 0.717) is 11.7 Å². The van der Waals surface area contributed by atoms with E-state index in [9.17, 15) is 4.79 Å². The number of hydrogen-bond donors (Lipinski definition) is 1. The lowest BCUT2D eigenvalue weighted by molar-refractivity contribution is 0.0932. The Balaban J connectivity index is 1.65. The Labute approximate surface area is 146 Å². The molecule has 4 rings (SSSR count). The molecule has 6 nitrogen and oxygen atoms in total. The topological polar surface area (TPSA) is 62.5 Å². The van der Waals surface area contributed by atoms with Gasteiger partial charge in [0, 0.05) is 36.7 Å². The Kier molecular flexibility index (Phi) is 4.35. The molecule has 0 radical (unpaired) electrons. The highest BCUT2D eigenvalue weighted by Gasteiger charge is 2.22. The van der Waals surface area contributed by atoms with Crippen molar-refractivity contribution in [2.24, 2.45) is 0 Å². The number of nitrogens with one attached hydrogen (secondary N) is 1. The van der Waals surface area contributed by atoms with Gasteiger partial charge in [-0.05, 0) is 19.8 Å². The first-order chi connectivity index (χ1) is 11.7. The summed E-state index contributed by atoms with van der Waals surface area (Å²) in [5.41, 5.74) is 2.33. The molecule has 0 bridgehead atoms. The summed E-state index contributed by atoms with van der Waals surface area (Å²) in [7, 11) is 0. The maximum atomic E-state index is 12.5. The van der Waals surface area contributed by atoms with E-state index in [2.05, 4.69) is 15.3 Å². The van der Waals surface area contributed by atoms with Crippen LogP contribution in [-0.2, 0) is 0 Å². The number of rotatable bonds is 3. The smallest absolute Gasteiger partial charge is 0.272 e. The third-order valence-corrected chi connectivity index (χ3v) is 5.73. The number of fused-ring (bicyclic) bond motifs is 1. The van der Waals surface area contributed by atoms with Crippen molar-refractivity contribution in [1.82, 2.24) is 19.9 Å². The molecular weight excluding hydrogens is 322 g/mol. The van der Waals surface area contributed by atoms with Crippen LogP contribution in [0.15, 0.2) is 12.3 Å². The summed E-state index contributed by atoms with van der Waals surface area (Å²) in [5.74, 6) is 3.11. The van der Waals surface area contributed by atoms with Crippen molar-refractivity contribution in [3.8, 4) is 0 Å². The Morgan fingerprint density at radius 1 is 1.29 bits per heavy atom. The SMILES string of the molecule is Cc1cn2nc(C(=O)NC3CCCC3)cc2c(N2CCSCC2)n1. The predicted molar refractivity (Wildman–Crippen MR) is 97.0 cm³/mol. The fourth-order valence-corrected chi connectivity index (χ4v) is 4.44. The molecule has 1 saturated heterocycles. The summed E-state index contributed by atoms with van der Waals surface area (Å²) >= 11 is 1.97. The number of carbonyl (C=O) groups is 1. The van der Waals surface area contributed by atoms with Crippen molar-refractivity contribution in [3.63, 3.8) is 0 Å². The Hall–Kier alpha value is -1.76. The minimum Gasteiger partial charge on any atom is -0.353 e. The molecule has 0 spiro atoms. The summed E-state index contributed by atoms with van der Waals surface area (Å²) in [6.45, 7) is 3.96. The first kappa shape index (κ1) is 15.7. The first-order valence-corrected chi connectivity index (χ1v) is 9.87. The lowest BCUT2D eigenvalue weighted by Gasteiger charge is -2.28. The van der Waals surface area contributed by atoms with E-state index in [4.69, 9.17) is 4.98 Å². The molecule has 2 aromatic heterocycles. The monoisotopic (exact) mass is 345 g/mol. The second kappa shape index (κ2) is 6.63. The molecule has 2 fully saturated rings. The van der Waals surface area contributed by atoms with Gasteiger partial charge in [-0.1, -0.05) is 12.8 Å². The molecule has 1 amide bonds. The van der Waals surface area contributed by atoms with Crippen LogP contribution in [0, 0.1) is 6.92 Å². The molecule has 128 valence electrons. The lowest BCUT2D eigenvalue weighted by Crippen LogP contribution is -2.33. The van der Waals surface area contributed by atoms with Gasteiger partial charge >= 0.3 is 0 Å². The summed E-state index contributed by atoms with van der Waals surface area (Å²) in [6.07, 6.45) is 6.46. The van der Waals surface area contributed by atoms with E-state index in [0.717, 1.165) is 54.5 Å². The van der Waals surface area contributed by atoms with Crippen LogP contribution >= 0.6 is 11.8 Å². The summed E-state index contributed by atoms with van der Waals surface area (Å²) in [5, 5.41) is 7.62. The number of aryl methyl sites for hydroxylation is 1. The lowest BCUT2D eigenvalue weighted by atomic mass is 10.2. The zero-order chi connectivity index (χ0) is 16.5. The zero-order valence-corrected chi connectivity index (χ0v) is 14.8. The van der Waals surface area contributed by atoms with Gasteiger partial charge in [-0.2, -0.15) is 16.9 Å². The van der Waals surface area contributed by atoms with Gasteiger partial charge in [-0.15, -0.1) is 0 Å². The zero-order valence-electron chi connectivity index (χ0n) is 14.0. The molecule has 2 aromatic rings. The predicted octanol–water partition coefficient (Wildman–Crippen LogP) is 2.26. The summed E-state index contributed by atoms with van der Waals surface area (Å²) in [4.78, 5) is 19.5. The van der Waals surface area contributed by atoms with Crippen molar-refractivity contribution >= 4 is 29.0 Å². The average Bonchev–Trinajstić information content (AvgIpc) is 3.24. The van der Waals surface area contributed by atoms with Crippen LogP contribution in [-0.4, -0.2) is 51.1 Å². The molecule has 1 aliphatic carbocycles. The second-order valence-corrected chi connectivity index (χ2v) is 7.84. The van der Waals surface area contributed by atoms with Gasteiger partial charge in [-0.25, -0.2) is 9.50 Å². The quantitative estimate of drug-likeness (QED) is 0.924. The highest BCUT2D eigenvalue weighted by molar-refractivity contribution is 7.99. The van der Waals surface area contributed by atoms with E-state index < -0.39 is 0 Å². The molecule has 24 heavy (non-hydrogen) atoms. The average molecular weight is 345 g/mol. The van der Waals surface area contributed by atoms with Crippen LogP contribution in [0.5, 0.6) is 0 Å². The highest BCUT2D eigenvalue weighted by atomic mass is 32.2. The minimum atomic E-state index is -0.0663. The van der Waals surface area contributed by atoms with E-state index in [1.165, 1.54) is 12.8 Å². The number of thioether (sulfide) groups is 1. The first-order valence-electron chi connectivity index (χ1n) is 8.71. The van der Waals surface area contributed by atoms with E-state index >= 15 is 0 Å². The van der Waals surface area contributed by atoms with Crippen LogP contribution in [0.2, 0.25) is 0 Å². The van der Waals surface area contributed by atoms with Crippen LogP contribution in [0.3, 0.4) is 0 Å². The van der Waals surface area contributed by atoms with Gasteiger partial charge in [0.05, 0.1) is 11.9 Å². The summed E-state index contributed by atoms with van der Waals surface area (Å²) in [6, 6.07) is 2.19. The Bertz CT molecular complexity index is 747. The minimum absolute atomic E-state index is 0.0663. The van der Waals surface area contributed by atoms with Crippen LogP contribution in [0.4, 0.5) is 5.82 Å². The van der Waals surface area contributed by atoms with Crippen molar-refractivity contribution in [2.45, 2.75) is 38.6 Å². The van der Waals surface area contributed by atoms with Gasteiger partial charge in [0.15, 0.2) is 11.5 Å². The van der Waals surface area contributed by atoms with Gasteiger partial charge in [0.2, 0.25) is 0 Å². The van der Waals surface area contributed by atoms with Crippen molar-refractivity contribution in [3.05, 3.63) is 23.7 Å². The Morgan fingerprint density at radius 2 is 2.04 bits per heavy atom. The normalized spacial score (nSPS) is 19.1. The molecule has 3 heterocycles. The molecule has 1 saturated carbocycles. The van der Waals surface area contributed by atoms with Crippen molar-refractivity contribution in [2.75, 3.05) is 29.5 Å². The highest BCUT2D eigenvalue weighted by Crippen LogP contribution is 2.24. The Morgan fingerprint density at radius 3 is 2.79 bits per heavy atom. The van der Waals surface area contributed by atoms with Gasteiger partial charge < -0.3 is 10.2 Å². The third kappa shape index (κ3) is 3.09. The van der Waals surface area contributed by atoms with E-state index in [1.807, 2.05) is 35.5 Å². The molecule has 1 N–H and O–H groups in total. The second-order valence-electron chi connectivity index (χ2n) is 6.62. The van der Waals surface area contributed by atoms with Gasteiger partial charge in [-0.3, -0.25) is 4.79 Å². The third-order valence-electron chi connectivity index (χ3n) is 4.79. The molecular formula is C17H23N5OS. The molecule has 1 aliphatic heterocycles. The number of nitrogens with zero attached hydrogens (tertiary/aromatic N) is 4. The molecule has 0 unspecified atom stereocenters. The molecule has 0 atom stereocenters. The van der Waals surface area contributed by atoms with Crippen LogP contribution < -0.4 is 10.2 Å². The van der Waals surface area contributed by atoms with E-state index in [-0.39, 0.29) is 5.91 Å². The fraction of sp³-hybridized carbons (Fsp3) is 0.588. The molecule has 2 aliphatic rings. The van der Waals surface area contributed by atoms with Gasteiger partial charge in [0.1, 0.15) is 5.52 Å². The maximum absolute atomic E-state index is 12.5. The van der Waals surface area contributed by atoms with Crippen molar-refractivity contribution < 1.29 is 4.79 Å². The standard InChI is InChI=1S/C17H23N5OS/c1-12-11-22-15(16(18-12)21-6-8-24-9-7-21)10-14(20-22)17(23)19-13-4-2-3-5-13/h10-11,13H,2-9H2,1H3,(H,19,23). The fourth-order valence-electron chi connectivity index (χ4n) is 3.54.